The SMILES string of the molecule is CCN(CC)S(=O)(=O)c1cccc(-c2nnc(SCC(=O)Nc3ccc4c(c3)OCO4)n2CCc2ccccc2)c1. The lowest BCUT2D eigenvalue weighted by Gasteiger charge is -2.19. The largest absolute Gasteiger partial charge is 0.454 e. The number of nitrogens with zero attached hydrogens (tertiary/aromatic N) is 4. The Kier molecular flexibility index (Phi) is 8.91. The summed E-state index contributed by atoms with van der Waals surface area (Å²) in [5.74, 6) is 1.67. The lowest BCUT2D eigenvalue weighted by Crippen LogP contribution is -2.30. The zero-order chi connectivity index (χ0) is 28.8. The number of rotatable bonds is 12. The van der Waals surface area contributed by atoms with Crippen LogP contribution in [-0.2, 0) is 27.8 Å². The molecule has 214 valence electrons. The standard InChI is InChI=1S/C29H31N5O5S2/c1-3-33(4-2)41(36,37)24-12-8-11-22(17-24)28-31-32-29(34(28)16-15-21-9-6-5-7-10-21)40-19-27(35)30-23-13-14-25-26(18-23)39-20-38-25/h5-14,17-18H,3-4,15-16,19-20H2,1-2H3,(H,30,35). The van der Waals surface area contributed by atoms with Crippen LogP contribution in [0, 0.1) is 0 Å². The molecule has 1 aliphatic rings. The summed E-state index contributed by atoms with van der Waals surface area (Å²) in [6, 6.07) is 22.1. The first-order valence-electron chi connectivity index (χ1n) is 13.3. The highest BCUT2D eigenvalue weighted by atomic mass is 32.2. The van der Waals surface area contributed by atoms with Gasteiger partial charge in [-0.15, -0.1) is 10.2 Å². The topological polar surface area (TPSA) is 116 Å². The number of fused-ring (bicyclic) bond motifs is 1. The fourth-order valence-electron chi connectivity index (χ4n) is 4.51. The molecule has 0 saturated heterocycles. The van der Waals surface area contributed by atoms with Gasteiger partial charge in [-0.2, -0.15) is 4.31 Å². The number of carbonyl (C=O) groups is 1. The fraction of sp³-hybridized carbons (Fsp3) is 0.276. The van der Waals surface area contributed by atoms with Crippen molar-refractivity contribution in [2.45, 2.75) is 36.9 Å². The van der Waals surface area contributed by atoms with Crippen molar-refractivity contribution in [1.29, 1.82) is 0 Å². The Morgan fingerprint density at radius 3 is 2.54 bits per heavy atom. The second kappa shape index (κ2) is 12.8. The quantitative estimate of drug-likeness (QED) is 0.236. The van der Waals surface area contributed by atoms with Crippen molar-refractivity contribution in [3.63, 3.8) is 0 Å². The Morgan fingerprint density at radius 2 is 1.76 bits per heavy atom. The summed E-state index contributed by atoms with van der Waals surface area (Å²) in [4.78, 5) is 13.0. The molecule has 10 nitrogen and oxygen atoms in total. The van der Waals surface area contributed by atoms with E-state index in [1.54, 1.807) is 36.4 Å². The normalized spacial score (nSPS) is 12.6. The highest BCUT2D eigenvalue weighted by Crippen LogP contribution is 2.34. The minimum atomic E-state index is -3.65. The smallest absolute Gasteiger partial charge is 0.243 e. The highest BCUT2D eigenvalue weighted by molar-refractivity contribution is 7.99. The van der Waals surface area contributed by atoms with E-state index in [2.05, 4.69) is 15.5 Å². The summed E-state index contributed by atoms with van der Waals surface area (Å²) in [6.45, 7) is 5.10. The number of hydrogen-bond acceptors (Lipinski definition) is 8. The van der Waals surface area contributed by atoms with Crippen LogP contribution in [0.2, 0.25) is 0 Å². The van der Waals surface area contributed by atoms with Crippen molar-refractivity contribution in [2.75, 3.05) is 31.0 Å². The molecule has 0 bridgehead atoms. The highest BCUT2D eigenvalue weighted by Gasteiger charge is 2.23. The average molecular weight is 594 g/mol. The summed E-state index contributed by atoms with van der Waals surface area (Å²) in [5, 5.41) is 12.3. The van der Waals surface area contributed by atoms with Crippen LogP contribution in [0.25, 0.3) is 11.4 Å². The van der Waals surface area contributed by atoms with Gasteiger partial charge in [0.1, 0.15) is 0 Å². The number of carbonyl (C=O) groups excluding carboxylic acids is 1. The molecule has 41 heavy (non-hydrogen) atoms. The number of anilines is 1. The Labute approximate surface area is 243 Å². The lowest BCUT2D eigenvalue weighted by atomic mass is 10.1. The second-order valence-electron chi connectivity index (χ2n) is 9.22. The molecule has 1 aliphatic heterocycles. The van der Waals surface area contributed by atoms with Crippen LogP contribution in [0.3, 0.4) is 0 Å². The minimum absolute atomic E-state index is 0.105. The fourth-order valence-corrected chi connectivity index (χ4v) is 6.77. The third-order valence-electron chi connectivity index (χ3n) is 6.61. The Balaban J connectivity index is 1.38. The molecular weight excluding hydrogens is 562 g/mol. The van der Waals surface area contributed by atoms with Gasteiger partial charge < -0.3 is 19.4 Å². The summed E-state index contributed by atoms with van der Waals surface area (Å²) in [5.41, 5.74) is 2.38. The molecule has 1 amide bonds. The Hall–Kier alpha value is -3.87. The number of aryl methyl sites for hydroxylation is 1. The maximum Gasteiger partial charge on any atom is 0.243 e. The Bertz CT molecular complexity index is 1620. The zero-order valence-electron chi connectivity index (χ0n) is 22.8. The van der Waals surface area contributed by atoms with E-state index in [9.17, 15) is 13.2 Å². The Morgan fingerprint density at radius 1 is 0.976 bits per heavy atom. The van der Waals surface area contributed by atoms with Gasteiger partial charge in [-0.05, 0) is 36.2 Å². The molecule has 1 aromatic heterocycles. The van der Waals surface area contributed by atoms with Gasteiger partial charge in [-0.1, -0.05) is 68.1 Å². The van der Waals surface area contributed by atoms with Crippen LogP contribution in [0.4, 0.5) is 5.69 Å². The molecule has 3 aromatic carbocycles. The first-order valence-corrected chi connectivity index (χ1v) is 15.7. The van der Waals surface area contributed by atoms with E-state index in [4.69, 9.17) is 9.47 Å². The van der Waals surface area contributed by atoms with Gasteiger partial charge in [0.15, 0.2) is 22.5 Å². The molecule has 4 aromatic rings. The molecule has 12 heteroatoms. The molecule has 0 fully saturated rings. The zero-order valence-corrected chi connectivity index (χ0v) is 24.5. The maximum absolute atomic E-state index is 13.2. The molecule has 0 radical (unpaired) electrons. The molecule has 5 rings (SSSR count). The van der Waals surface area contributed by atoms with Crippen molar-refractivity contribution < 1.29 is 22.7 Å². The lowest BCUT2D eigenvalue weighted by molar-refractivity contribution is -0.113. The average Bonchev–Trinajstić information content (AvgIpc) is 3.62. The number of ether oxygens (including phenoxy) is 2. The monoisotopic (exact) mass is 593 g/mol. The van der Waals surface area contributed by atoms with E-state index in [0.29, 0.717) is 59.8 Å². The molecule has 0 spiro atoms. The number of thioether (sulfide) groups is 1. The first kappa shape index (κ1) is 28.7. The van der Waals surface area contributed by atoms with Gasteiger partial charge in [-0.25, -0.2) is 8.42 Å². The van der Waals surface area contributed by atoms with Crippen LogP contribution < -0.4 is 14.8 Å². The molecule has 0 saturated carbocycles. The molecular formula is C29H31N5O5S2. The molecule has 0 atom stereocenters. The minimum Gasteiger partial charge on any atom is -0.454 e. The van der Waals surface area contributed by atoms with Crippen molar-refractivity contribution in [3.8, 4) is 22.9 Å². The predicted octanol–water partition coefficient (Wildman–Crippen LogP) is 4.68. The van der Waals surface area contributed by atoms with E-state index >= 15 is 0 Å². The summed E-state index contributed by atoms with van der Waals surface area (Å²) < 4.78 is 40.5. The van der Waals surface area contributed by atoms with E-state index in [1.807, 2.05) is 54.8 Å². The molecule has 1 N–H and O–H groups in total. The van der Waals surface area contributed by atoms with Gasteiger partial charge in [0.25, 0.3) is 0 Å². The molecule has 0 aliphatic carbocycles. The number of nitrogens with one attached hydrogen (secondary N) is 1. The summed E-state index contributed by atoms with van der Waals surface area (Å²) in [7, 11) is -3.65. The van der Waals surface area contributed by atoms with Crippen LogP contribution in [0.1, 0.15) is 19.4 Å². The van der Waals surface area contributed by atoms with Crippen molar-refractivity contribution in [1.82, 2.24) is 19.1 Å². The molecule has 2 heterocycles. The summed E-state index contributed by atoms with van der Waals surface area (Å²) in [6.07, 6.45) is 0.709. The van der Waals surface area contributed by atoms with E-state index in [1.165, 1.54) is 16.1 Å². The second-order valence-corrected chi connectivity index (χ2v) is 12.1. The van der Waals surface area contributed by atoms with Gasteiger partial charge in [0.05, 0.1) is 10.6 Å². The van der Waals surface area contributed by atoms with Crippen LogP contribution in [-0.4, -0.2) is 59.0 Å². The maximum atomic E-state index is 13.2. The van der Waals surface area contributed by atoms with Crippen LogP contribution in [0.15, 0.2) is 82.8 Å². The third kappa shape index (κ3) is 6.55. The van der Waals surface area contributed by atoms with Crippen molar-refractivity contribution in [3.05, 3.63) is 78.4 Å². The number of aromatic nitrogens is 3. The first-order chi connectivity index (χ1) is 19.9. The van der Waals surface area contributed by atoms with Gasteiger partial charge in [-0.3, -0.25) is 4.79 Å². The molecule has 0 unspecified atom stereocenters. The third-order valence-corrected chi connectivity index (χ3v) is 9.62. The number of amides is 1. The predicted molar refractivity (Wildman–Crippen MR) is 158 cm³/mol. The van der Waals surface area contributed by atoms with Gasteiger partial charge in [0, 0.05) is 37.0 Å². The van der Waals surface area contributed by atoms with Crippen molar-refractivity contribution >= 4 is 33.4 Å². The summed E-state index contributed by atoms with van der Waals surface area (Å²) >= 11 is 1.27. The van der Waals surface area contributed by atoms with E-state index < -0.39 is 10.0 Å². The van der Waals surface area contributed by atoms with Gasteiger partial charge >= 0.3 is 0 Å². The number of sulfonamides is 1. The van der Waals surface area contributed by atoms with Gasteiger partial charge in [0.2, 0.25) is 22.7 Å². The van der Waals surface area contributed by atoms with Crippen molar-refractivity contribution in [2.24, 2.45) is 0 Å². The van der Waals surface area contributed by atoms with Crippen LogP contribution in [0.5, 0.6) is 11.5 Å². The van der Waals surface area contributed by atoms with E-state index in [0.717, 1.165) is 5.56 Å². The number of benzene rings is 3. The van der Waals surface area contributed by atoms with E-state index in [-0.39, 0.29) is 23.3 Å². The van der Waals surface area contributed by atoms with Crippen LogP contribution >= 0.6 is 11.8 Å². The number of hydrogen-bond donors (Lipinski definition) is 1.